The molecule has 1 amide bonds. The maximum Gasteiger partial charge on any atom is 0.377 e. The van der Waals surface area contributed by atoms with Crippen LogP contribution in [-0.2, 0) is 62.0 Å². The van der Waals surface area contributed by atoms with Crippen molar-refractivity contribution in [2.75, 3.05) is 6.61 Å². The number of carboxylic acid groups (broad SMARTS) is 1. The molecule has 1 unspecified atom stereocenters. The van der Waals surface area contributed by atoms with E-state index in [9.17, 15) is 38.7 Å². The van der Waals surface area contributed by atoms with Crippen molar-refractivity contribution in [3.05, 3.63) is 0 Å². The van der Waals surface area contributed by atoms with Gasteiger partial charge in [0.15, 0.2) is 12.2 Å². The molecule has 0 saturated carbocycles. The summed E-state index contributed by atoms with van der Waals surface area (Å²) in [5.41, 5.74) is 0. The molecule has 0 aromatic rings. The summed E-state index contributed by atoms with van der Waals surface area (Å²) in [6.07, 6.45) is -7.70. The molecule has 202 valence electrons. The van der Waals surface area contributed by atoms with Crippen LogP contribution in [0.4, 0.5) is 0 Å². The summed E-state index contributed by atoms with van der Waals surface area (Å²) < 4.78 is 38.4. The molecule has 6 atom stereocenters. The molecule has 15 nitrogen and oxygen atoms in total. The van der Waals surface area contributed by atoms with Gasteiger partial charge in [-0.25, -0.2) is 4.79 Å². The SMILES string of the molecule is [2H]CC(=O)N[C@H]1[C@H]([C@H](OC(C)=O)[C@@H](COC(C)=O)OC(C)=O)OC(OC(C)=O)(C(=O)O)C[C@@H]1OC(C)=O. The Morgan fingerprint density at radius 2 is 1.58 bits per heavy atom. The Morgan fingerprint density at radius 3 is 2.03 bits per heavy atom. The molecule has 0 aliphatic carbocycles. The number of aliphatic carboxylic acids is 1. The van der Waals surface area contributed by atoms with Crippen LogP contribution in [0.25, 0.3) is 0 Å². The highest BCUT2D eigenvalue weighted by Gasteiger charge is 2.60. The predicted octanol–water partition coefficient (Wildman–Crippen LogP) is -1.02. The molecule has 0 bridgehead atoms. The summed E-state index contributed by atoms with van der Waals surface area (Å²) in [6, 6.07) is -1.52. The van der Waals surface area contributed by atoms with E-state index in [1.54, 1.807) is 0 Å². The van der Waals surface area contributed by atoms with Gasteiger partial charge in [-0.05, 0) is 0 Å². The fourth-order valence-electron chi connectivity index (χ4n) is 3.54. The third-order valence-electron chi connectivity index (χ3n) is 4.59. The second kappa shape index (κ2) is 12.8. The van der Waals surface area contributed by atoms with Crippen LogP contribution >= 0.6 is 0 Å². The quantitative estimate of drug-likeness (QED) is 0.261. The Labute approximate surface area is 207 Å². The molecule has 1 aliphatic heterocycles. The van der Waals surface area contributed by atoms with Crippen molar-refractivity contribution in [2.24, 2.45) is 0 Å². The van der Waals surface area contributed by atoms with Crippen LogP contribution in [0.1, 0.15) is 49.3 Å². The van der Waals surface area contributed by atoms with Gasteiger partial charge in [0.05, 0.1) is 12.5 Å². The fraction of sp³-hybridized carbons (Fsp3) is 0.667. The first-order chi connectivity index (χ1) is 17.1. The van der Waals surface area contributed by atoms with Crippen LogP contribution in [0.3, 0.4) is 0 Å². The van der Waals surface area contributed by atoms with Crippen molar-refractivity contribution in [3.63, 3.8) is 0 Å². The van der Waals surface area contributed by atoms with Crippen LogP contribution in [0.5, 0.6) is 0 Å². The summed E-state index contributed by atoms with van der Waals surface area (Å²) in [5.74, 6) is -10.4. The number of hydrogen-bond acceptors (Lipinski definition) is 13. The van der Waals surface area contributed by atoms with Gasteiger partial charge in [-0.3, -0.25) is 28.8 Å². The van der Waals surface area contributed by atoms with E-state index in [-0.39, 0.29) is 0 Å². The number of nitrogens with one attached hydrogen (secondary N) is 1. The lowest BCUT2D eigenvalue weighted by atomic mass is 9.88. The standard InChI is InChI=1S/C21H29NO14/c1-9(23)22-17-15(32-11(3)25)7-21(20(29)30,35-14(6)28)36-19(17)18(34-13(5)27)16(33-12(4)26)8-31-10(2)24/h15-19H,7-8H2,1-6H3,(H,22,23)(H,29,30)/t15-,16+,17+,18+,19+,21?/m0/s1/i1D. The topological polar surface area (TPSA) is 207 Å². The highest BCUT2D eigenvalue weighted by Crippen LogP contribution is 2.36. The molecule has 1 fully saturated rings. The lowest BCUT2D eigenvalue weighted by Crippen LogP contribution is -2.69. The largest absolute Gasteiger partial charge is 0.476 e. The average molecular weight is 520 g/mol. The Morgan fingerprint density at radius 1 is 0.972 bits per heavy atom. The van der Waals surface area contributed by atoms with Gasteiger partial charge in [-0.2, -0.15) is 0 Å². The fourth-order valence-corrected chi connectivity index (χ4v) is 3.54. The Kier molecular flexibility index (Phi) is 10.1. The van der Waals surface area contributed by atoms with Gasteiger partial charge in [0.2, 0.25) is 5.91 Å². The molecular weight excluding hydrogens is 490 g/mol. The molecular formula is C21H29NO14. The van der Waals surface area contributed by atoms with Crippen molar-refractivity contribution >= 4 is 41.7 Å². The smallest absolute Gasteiger partial charge is 0.377 e. The summed E-state index contributed by atoms with van der Waals surface area (Å²) >= 11 is 0. The number of ether oxygens (including phenoxy) is 6. The number of rotatable bonds is 10. The molecule has 15 heteroatoms. The lowest BCUT2D eigenvalue weighted by molar-refractivity contribution is -0.303. The number of carboxylic acids is 1. The van der Waals surface area contributed by atoms with Crippen LogP contribution in [-0.4, -0.2) is 89.7 Å². The van der Waals surface area contributed by atoms with E-state index in [2.05, 4.69) is 5.32 Å². The van der Waals surface area contributed by atoms with E-state index < -0.39 is 97.9 Å². The molecule has 1 heterocycles. The molecule has 2 N–H and O–H groups in total. The lowest BCUT2D eigenvalue weighted by Gasteiger charge is -2.47. The maximum atomic E-state index is 12.3. The molecule has 36 heavy (non-hydrogen) atoms. The monoisotopic (exact) mass is 520 g/mol. The molecule has 0 aromatic heterocycles. The zero-order chi connectivity index (χ0) is 28.5. The minimum Gasteiger partial charge on any atom is -0.476 e. The normalized spacial score (nSPS) is 25.1. The zero-order valence-corrected chi connectivity index (χ0v) is 20.3. The highest BCUT2D eigenvalue weighted by molar-refractivity contribution is 5.80. The Bertz CT molecular complexity index is 923. The molecule has 0 aromatic carbocycles. The van der Waals surface area contributed by atoms with Crippen molar-refractivity contribution in [1.82, 2.24) is 5.32 Å². The average Bonchev–Trinajstić information content (AvgIpc) is 2.75. The van der Waals surface area contributed by atoms with Gasteiger partial charge in [-0.1, -0.05) is 0 Å². The molecule has 1 rings (SSSR count). The molecule has 1 aliphatic rings. The zero-order valence-electron chi connectivity index (χ0n) is 21.3. The van der Waals surface area contributed by atoms with Gasteiger partial charge in [0.1, 0.15) is 18.8 Å². The minimum atomic E-state index is -2.82. The number of amides is 1. The number of hydrogen-bond donors (Lipinski definition) is 2. The van der Waals surface area contributed by atoms with Gasteiger partial charge in [-0.15, -0.1) is 0 Å². The van der Waals surface area contributed by atoms with Crippen molar-refractivity contribution < 1.29 is 68.5 Å². The third kappa shape index (κ3) is 8.79. The number of esters is 5. The van der Waals surface area contributed by atoms with Gasteiger partial charge < -0.3 is 38.8 Å². The highest BCUT2D eigenvalue weighted by atomic mass is 16.7. The van der Waals surface area contributed by atoms with E-state index in [4.69, 9.17) is 29.8 Å². The molecule has 1 saturated heterocycles. The number of carbonyl (C=O) groups excluding carboxylic acids is 6. The Hall–Kier alpha value is -3.75. The van der Waals surface area contributed by atoms with Crippen LogP contribution in [0, 0.1) is 0 Å². The van der Waals surface area contributed by atoms with Crippen LogP contribution < -0.4 is 5.32 Å². The van der Waals surface area contributed by atoms with E-state index in [0.29, 0.717) is 0 Å². The van der Waals surface area contributed by atoms with Gasteiger partial charge in [0.25, 0.3) is 0 Å². The first-order valence-electron chi connectivity index (χ1n) is 11.2. The van der Waals surface area contributed by atoms with E-state index in [0.717, 1.165) is 34.6 Å². The first-order valence-corrected chi connectivity index (χ1v) is 10.5. The second-order valence-corrected chi connectivity index (χ2v) is 7.70. The molecule has 0 spiro atoms. The van der Waals surface area contributed by atoms with E-state index in [1.807, 2.05) is 0 Å². The maximum absolute atomic E-state index is 12.3. The van der Waals surface area contributed by atoms with Crippen LogP contribution in [0.2, 0.25) is 0 Å². The van der Waals surface area contributed by atoms with E-state index in [1.165, 1.54) is 0 Å². The van der Waals surface area contributed by atoms with Gasteiger partial charge in [0, 0.05) is 42.9 Å². The summed E-state index contributed by atoms with van der Waals surface area (Å²) in [7, 11) is 0. The third-order valence-corrected chi connectivity index (χ3v) is 4.59. The summed E-state index contributed by atoms with van der Waals surface area (Å²) in [6.45, 7) is 3.30. The second-order valence-electron chi connectivity index (χ2n) is 7.70. The van der Waals surface area contributed by atoms with E-state index >= 15 is 0 Å². The van der Waals surface area contributed by atoms with Crippen molar-refractivity contribution in [3.8, 4) is 0 Å². The number of carbonyl (C=O) groups is 7. The minimum absolute atomic E-state index is 0.711. The van der Waals surface area contributed by atoms with Crippen LogP contribution in [0.15, 0.2) is 0 Å². The van der Waals surface area contributed by atoms with Crippen molar-refractivity contribution in [1.29, 1.82) is 0 Å². The summed E-state index contributed by atoms with van der Waals surface area (Å²) in [5, 5.41) is 12.3. The first kappa shape index (κ1) is 28.5. The Balaban J connectivity index is 3.81. The van der Waals surface area contributed by atoms with Crippen molar-refractivity contribution in [2.45, 2.75) is 84.2 Å². The summed E-state index contributed by atoms with van der Waals surface area (Å²) in [4.78, 5) is 83.3. The predicted molar refractivity (Wildman–Crippen MR) is 113 cm³/mol. The molecule has 0 radical (unpaired) electrons. The van der Waals surface area contributed by atoms with Gasteiger partial charge >= 0.3 is 41.6 Å².